The molecule has 2 aliphatic rings. The normalized spacial score (nSPS) is 16.3. The fraction of sp³-hybridized carbons (Fsp3) is 0.263. The van der Waals surface area contributed by atoms with E-state index in [4.69, 9.17) is 4.74 Å². The lowest BCUT2D eigenvalue weighted by Crippen LogP contribution is -2.44. The Morgan fingerprint density at radius 2 is 1.92 bits per heavy atom. The lowest BCUT2D eigenvalue weighted by Gasteiger charge is -2.30. The van der Waals surface area contributed by atoms with E-state index in [-0.39, 0.29) is 18.4 Å². The number of amides is 2. The number of anilines is 3. The molecule has 2 heterocycles. The first kappa shape index (κ1) is 16.4. The molecule has 7 heteroatoms. The summed E-state index contributed by atoms with van der Waals surface area (Å²) < 4.78 is 5.40. The molecule has 0 aliphatic carbocycles. The standard InChI is InChI=1S/C19H20N4O3/c24-18-12-26-17-11-13(5-6-15(17)22-18)21-19(25)14-3-1-2-4-16(14)23-9-7-20-8-10-23/h1-6,11,20H,7-10,12H2,(H,21,25)(H,22,24). The van der Waals surface area contributed by atoms with Crippen LogP contribution in [0.4, 0.5) is 17.1 Å². The van der Waals surface area contributed by atoms with Gasteiger partial charge in [0.1, 0.15) is 5.75 Å². The summed E-state index contributed by atoms with van der Waals surface area (Å²) in [6, 6.07) is 12.8. The average molecular weight is 352 g/mol. The number of carbonyl (C=O) groups is 2. The van der Waals surface area contributed by atoms with Gasteiger partial charge in [-0.05, 0) is 24.3 Å². The molecule has 2 amide bonds. The molecule has 0 radical (unpaired) electrons. The molecule has 0 spiro atoms. The molecule has 0 unspecified atom stereocenters. The van der Waals surface area contributed by atoms with Crippen molar-refractivity contribution in [1.29, 1.82) is 0 Å². The summed E-state index contributed by atoms with van der Waals surface area (Å²) >= 11 is 0. The molecule has 3 N–H and O–H groups in total. The number of benzene rings is 2. The maximum Gasteiger partial charge on any atom is 0.262 e. The van der Waals surface area contributed by atoms with Gasteiger partial charge in [0, 0.05) is 43.6 Å². The number of nitrogens with zero attached hydrogens (tertiary/aromatic N) is 1. The maximum atomic E-state index is 12.8. The summed E-state index contributed by atoms with van der Waals surface area (Å²) in [7, 11) is 0. The minimum absolute atomic E-state index is 0.0176. The molecular formula is C19H20N4O3. The lowest BCUT2D eigenvalue weighted by molar-refractivity contribution is -0.118. The fourth-order valence-corrected chi connectivity index (χ4v) is 3.20. The Kier molecular flexibility index (Phi) is 4.45. The molecule has 2 aromatic carbocycles. The van der Waals surface area contributed by atoms with E-state index < -0.39 is 0 Å². The van der Waals surface area contributed by atoms with Gasteiger partial charge in [-0.2, -0.15) is 0 Å². The number of piperazine rings is 1. The van der Waals surface area contributed by atoms with Crippen LogP contribution >= 0.6 is 0 Å². The highest BCUT2D eigenvalue weighted by Gasteiger charge is 2.20. The Hall–Kier alpha value is -3.06. The Labute approximate surface area is 151 Å². The van der Waals surface area contributed by atoms with Crippen LogP contribution in [0.25, 0.3) is 0 Å². The second-order valence-electron chi connectivity index (χ2n) is 6.26. The van der Waals surface area contributed by atoms with Crippen molar-refractivity contribution in [2.45, 2.75) is 0 Å². The molecule has 26 heavy (non-hydrogen) atoms. The summed E-state index contributed by atoms with van der Waals surface area (Å²) in [6.45, 7) is 3.54. The van der Waals surface area contributed by atoms with Crippen molar-refractivity contribution in [2.75, 3.05) is 48.3 Å². The molecule has 0 saturated carbocycles. The van der Waals surface area contributed by atoms with E-state index in [1.165, 1.54) is 0 Å². The van der Waals surface area contributed by atoms with Crippen LogP contribution in [-0.4, -0.2) is 44.6 Å². The Morgan fingerprint density at radius 3 is 2.77 bits per heavy atom. The number of para-hydroxylation sites is 1. The number of hydrogen-bond donors (Lipinski definition) is 3. The number of fused-ring (bicyclic) bond motifs is 1. The molecule has 134 valence electrons. The third kappa shape index (κ3) is 3.34. The van der Waals surface area contributed by atoms with Gasteiger partial charge in [-0.25, -0.2) is 0 Å². The van der Waals surface area contributed by atoms with E-state index in [1.54, 1.807) is 18.2 Å². The van der Waals surface area contributed by atoms with Crippen molar-refractivity contribution in [3.05, 3.63) is 48.0 Å². The zero-order chi connectivity index (χ0) is 17.9. The second-order valence-corrected chi connectivity index (χ2v) is 6.26. The second kappa shape index (κ2) is 7.05. The predicted octanol–water partition coefficient (Wildman–Crippen LogP) is 1.68. The Bertz CT molecular complexity index is 846. The first-order valence-corrected chi connectivity index (χ1v) is 8.63. The minimum atomic E-state index is -0.181. The van der Waals surface area contributed by atoms with Crippen LogP contribution in [0.15, 0.2) is 42.5 Å². The van der Waals surface area contributed by atoms with Gasteiger partial charge in [0.25, 0.3) is 11.8 Å². The van der Waals surface area contributed by atoms with Crippen LogP contribution in [0, 0.1) is 0 Å². The monoisotopic (exact) mass is 352 g/mol. The van der Waals surface area contributed by atoms with Crippen molar-refractivity contribution in [2.24, 2.45) is 0 Å². The third-order valence-electron chi connectivity index (χ3n) is 4.48. The third-order valence-corrected chi connectivity index (χ3v) is 4.48. The topological polar surface area (TPSA) is 82.7 Å². The molecule has 4 rings (SSSR count). The summed E-state index contributed by atoms with van der Waals surface area (Å²) in [4.78, 5) is 26.4. The average Bonchev–Trinajstić information content (AvgIpc) is 2.69. The van der Waals surface area contributed by atoms with Crippen LogP contribution in [0.2, 0.25) is 0 Å². The summed E-state index contributed by atoms with van der Waals surface area (Å²) in [5.74, 6) is 0.205. The van der Waals surface area contributed by atoms with Gasteiger partial charge in [0.05, 0.1) is 11.3 Å². The van der Waals surface area contributed by atoms with E-state index in [0.29, 0.717) is 22.7 Å². The predicted molar refractivity (Wildman–Crippen MR) is 100 cm³/mol. The zero-order valence-electron chi connectivity index (χ0n) is 14.2. The van der Waals surface area contributed by atoms with Gasteiger partial charge >= 0.3 is 0 Å². The van der Waals surface area contributed by atoms with Crippen LogP contribution < -0.4 is 25.6 Å². The van der Waals surface area contributed by atoms with Crippen LogP contribution in [-0.2, 0) is 4.79 Å². The van der Waals surface area contributed by atoms with Gasteiger partial charge in [-0.15, -0.1) is 0 Å². The SMILES string of the molecule is O=C1COc2cc(NC(=O)c3ccccc3N3CCNCC3)ccc2N1. The maximum absolute atomic E-state index is 12.8. The van der Waals surface area contributed by atoms with Gasteiger partial charge < -0.3 is 25.6 Å². The van der Waals surface area contributed by atoms with Gasteiger partial charge in [-0.1, -0.05) is 12.1 Å². The van der Waals surface area contributed by atoms with E-state index >= 15 is 0 Å². The molecule has 2 aromatic rings. The zero-order valence-corrected chi connectivity index (χ0v) is 14.2. The van der Waals surface area contributed by atoms with E-state index in [0.717, 1.165) is 31.9 Å². The molecule has 7 nitrogen and oxygen atoms in total. The van der Waals surface area contributed by atoms with Crippen molar-refractivity contribution < 1.29 is 14.3 Å². The van der Waals surface area contributed by atoms with Crippen LogP contribution in [0.5, 0.6) is 5.75 Å². The van der Waals surface area contributed by atoms with Crippen LogP contribution in [0.3, 0.4) is 0 Å². The number of rotatable bonds is 3. The van der Waals surface area contributed by atoms with Crippen molar-refractivity contribution >= 4 is 28.9 Å². The smallest absolute Gasteiger partial charge is 0.262 e. The molecular weight excluding hydrogens is 332 g/mol. The molecule has 0 aromatic heterocycles. The Morgan fingerprint density at radius 1 is 1.12 bits per heavy atom. The summed E-state index contributed by atoms with van der Waals surface area (Å²) in [5, 5.41) is 8.98. The van der Waals surface area contributed by atoms with Crippen molar-refractivity contribution in [3.8, 4) is 5.75 Å². The highest BCUT2D eigenvalue weighted by atomic mass is 16.5. The number of carbonyl (C=O) groups excluding carboxylic acids is 2. The van der Waals surface area contributed by atoms with Gasteiger partial charge in [0.15, 0.2) is 6.61 Å². The lowest BCUT2D eigenvalue weighted by atomic mass is 10.1. The molecule has 1 fully saturated rings. The van der Waals surface area contributed by atoms with Crippen molar-refractivity contribution in [3.63, 3.8) is 0 Å². The quantitative estimate of drug-likeness (QED) is 0.783. The number of nitrogens with one attached hydrogen (secondary N) is 3. The van der Waals surface area contributed by atoms with Gasteiger partial charge in [0.2, 0.25) is 0 Å². The minimum Gasteiger partial charge on any atom is -0.482 e. The van der Waals surface area contributed by atoms with E-state index in [1.807, 2.05) is 24.3 Å². The van der Waals surface area contributed by atoms with E-state index in [9.17, 15) is 9.59 Å². The molecule has 0 atom stereocenters. The number of hydrogen-bond acceptors (Lipinski definition) is 5. The summed E-state index contributed by atoms with van der Waals surface area (Å²) in [5.41, 5.74) is 2.81. The van der Waals surface area contributed by atoms with Crippen molar-refractivity contribution in [1.82, 2.24) is 5.32 Å². The van der Waals surface area contributed by atoms with Crippen LogP contribution in [0.1, 0.15) is 10.4 Å². The molecule has 1 saturated heterocycles. The largest absolute Gasteiger partial charge is 0.482 e. The van der Waals surface area contributed by atoms with E-state index in [2.05, 4.69) is 20.9 Å². The first-order valence-electron chi connectivity index (χ1n) is 8.63. The molecule has 0 bridgehead atoms. The highest BCUT2D eigenvalue weighted by molar-refractivity contribution is 6.08. The molecule has 2 aliphatic heterocycles. The number of ether oxygens (including phenoxy) is 1. The fourth-order valence-electron chi connectivity index (χ4n) is 3.20. The van der Waals surface area contributed by atoms with Gasteiger partial charge in [-0.3, -0.25) is 9.59 Å². The summed E-state index contributed by atoms with van der Waals surface area (Å²) in [6.07, 6.45) is 0. The Balaban J connectivity index is 1.55. The first-order chi connectivity index (χ1) is 12.7. The highest BCUT2D eigenvalue weighted by Crippen LogP contribution is 2.31.